The summed E-state index contributed by atoms with van der Waals surface area (Å²) in [6.45, 7) is 4.11. The van der Waals surface area contributed by atoms with Crippen LogP contribution in [0.25, 0.3) is 0 Å². The minimum atomic E-state index is -0.377. The van der Waals surface area contributed by atoms with Gasteiger partial charge in [-0.2, -0.15) is 0 Å². The number of anilines is 1. The highest BCUT2D eigenvalue weighted by Crippen LogP contribution is 2.31. The van der Waals surface area contributed by atoms with E-state index < -0.39 is 0 Å². The third-order valence-electron chi connectivity index (χ3n) is 5.25. The molecule has 3 aromatic rings. The van der Waals surface area contributed by atoms with Gasteiger partial charge in [0.2, 0.25) is 0 Å². The lowest BCUT2D eigenvalue weighted by atomic mass is 10.0. The first-order valence-electron chi connectivity index (χ1n) is 9.94. The summed E-state index contributed by atoms with van der Waals surface area (Å²) in [6, 6.07) is 5.25. The molecule has 2 amide bonds. The quantitative estimate of drug-likeness (QED) is 0.664. The van der Waals surface area contributed by atoms with Gasteiger partial charge >= 0.3 is 0 Å². The van der Waals surface area contributed by atoms with Gasteiger partial charge in [0.25, 0.3) is 11.8 Å². The molecule has 8 nitrogen and oxygen atoms in total. The van der Waals surface area contributed by atoms with Crippen molar-refractivity contribution in [2.45, 2.75) is 39.2 Å². The molecule has 1 saturated heterocycles. The highest BCUT2D eigenvalue weighted by Gasteiger charge is 2.32. The van der Waals surface area contributed by atoms with Crippen LogP contribution < -0.4 is 5.32 Å². The predicted molar refractivity (Wildman–Crippen MR) is 113 cm³/mol. The molecule has 0 spiro atoms. The number of nitrogens with one attached hydrogen (secondary N) is 1. The number of nitrogens with zero attached hydrogens (tertiary/aromatic N) is 5. The molecule has 1 N–H and O–H groups in total. The van der Waals surface area contributed by atoms with Gasteiger partial charge in [-0.15, -0.1) is 5.10 Å². The number of aryl methyl sites for hydroxylation is 2. The Morgan fingerprint density at radius 1 is 1.16 bits per heavy atom. The highest BCUT2D eigenvalue weighted by atomic mass is 32.1. The topological polar surface area (TPSA) is 101 Å². The van der Waals surface area contributed by atoms with Crippen LogP contribution in [0.5, 0.6) is 0 Å². The molecule has 2 aromatic heterocycles. The molecule has 1 fully saturated rings. The molecule has 0 radical (unpaired) electrons. The summed E-state index contributed by atoms with van der Waals surface area (Å²) in [5.41, 5.74) is 1.93. The second-order valence-electron chi connectivity index (χ2n) is 7.39. The Balaban J connectivity index is 1.55. The van der Waals surface area contributed by atoms with Gasteiger partial charge in [0.05, 0.1) is 23.0 Å². The van der Waals surface area contributed by atoms with Gasteiger partial charge in [-0.05, 0) is 68.9 Å². The number of halogens is 1. The van der Waals surface area contributed by atoms with Crippen molar-refractivity contribution < 1.29 is 14.0 Å². The summed E-state index contributed by atoms with van der Waals surface area (Å²) < 4.78 is 16.9. The first-order chi connectivity index (χ1) is 14.9. The number of carbonyl (C=O) groups excluding carboxylic acids is 2. The number of rotatable bonds is 4. The van der Waals surface area contributed by atoms with Crippen LogP contribution >= 0.6 is 11.5 Å². The van der Waals surface area contributed by atoms with E-state index in [9.17, 15) is 14.0 Å². The van der Waals surface area contributed by atoms with Crippen LogP contribution in [0.3, 0.4) is 0 Å². The Kier molecular flexibility index (Phi) is 5.99. The van der Waals surface area contributed by atoms with E-state index >= 15 is 0 Å². The molecule has 0 aliphatic carbocycles. The zero-order valence-corrected chi connectivity index (χ0v) is 17.9. The van der Waals surface area contributed by atoms with E-state index in [1.807, 2.05) is 0 Å². The van der Waals surface area contributed by atoms with Crippen molar-refractivity contribution in [1.29, 1.82) is 0 Å². The molecule has 0 saturated carbocycles. The lowest BCUT2D eigenvalue weighted by Crippen LogP contribution is -2.39. The van der Waals surface area contributed by atoms with Crippen molar-refractivity contribution in [2.24, 2.45) is 0 Å². The van der Waals surface area contributed by atoms with Crippen LogP contribution in [0.4, 0.5) is 10.1 Å². The maximum absolute atomic E-state index is 13.1. The van der Waals surface area contributed by atoms with E-state index in [1.165, 1.54) is 30.5 Å². The molecule has 160 valence electrons. The van der Waals surface area contributed by atoms with E-state index in [0.29, 0.717) is 39.9 Å². The second-order valence-corrected chi connectivity index (χ2v) is 8.14. The fourth-order valence-electron chi connectivity index (χ4n) is 3.60. The number of piperidine rings is 1. The molecule has 4 rings (SSSR count). The molecular formula is C21H21FN6O2S. The van der Waals surface area contributed by atoms with Gasteiger partial charge in [-0.25, -0.2) is 14.4 Å². The van der Waals surface area contributed by atoms with Gasteiger partial charge < -0.3 is 10.2 Å². The Morgan fingerprint density at radius 2 is 1.94 bits per heavy atom. The first-order valence-corrected chi connectivity index (χ1v) is 10.7. The van der Waals surface area contributed by atoms with Gasteiger partial charge in [0.1, 0.15) is 10.7 Å². The highest BCUT2D eigenvalue weighted by molar-refractivity contribution is 7.07. The van der Waals surface area contributed by atoms with Crippen molar-refractivity contribution in [3.63, 3.8) is 0 Å². The molecule has 0 unspecified atom stereocenters. The van der Waals surface area contributed by atoms with E-state index in [1.54, 1.807) is 18.7 Å². The molecular weight excluding hydrogens is 419 g/mol. The average Bonchev–Trinajstić information content (AvgIpc) is 3.20. The monoisotopic (exact) mass is 440 g/mol. The molecule has 1 aliphatic rings. The Hall–Kier alpha value is -3.27. The number of hydrogen-bond acceptors (Lipinski definition) is 7. The normalized spacial score (nSPS) is 16.2. The third-order valence-corrected chi connectivity index (χ3v) is 6.07. The van der Waals surface area contributed by atoms with Gasteiger partial charge in [0, 0.05) is 18.4 Å². The number of likely N-dealkylation sites (tertiary alicyclic amines) is 1. The molecule has 31 heavy (non-hydrogen) atoms. The third kappa shape index (κ3) is 4.43. The van der Waals surface area contributed by atoms with Crippen LogP contribution in [0.1, 0.15) is 62.5 Å². The lowest BCUT2D eigenvalue weighted by molar-refractivity contribution is 0.0603. The molecule has 1 atom stereocenters. The number of carbonyl (C=O) groups is 2. The summed E-state index contributed by atoms with van der Waals surface area (Å²) in [5.74, 6) is -0.355. The summed E-state index contributed by atoms with van der Waals surface area (Å²) in [6.07, 6.45) is 4.10. The summed E-state index contributed by atoms with van der Waals surface area (Å²) >= 11 is 1.09. The zero-order chi connectivity index (χ0) is 22.0. The first kappa shape index (κ1) is 21.0. The minimum Gasteiger partial charge on any atom is -0.328 e. The van der Waals surface area contributed by atoms with E-state index in [2.05, 4.69) is 24.9 Å². The van der Waals surface area contributed by atoms with E-state index in [0.717, 1.165) is 30.8 Å². The van der Waals surface area contributed by atoms with Gasteiger partial charge in [-0.3, -0.25) is 9.59 Å². The summed E-state index contributed by atoms with van der Waals surface area (Å²) in [7, 11) is 0. The van der Waals surface area contributed by atoms with Crippen LogP contribution in [0.2, 0.25) is 0 Å². The van der Waals surface area contributed by atoms with Gasteiger partial charge in [-0.1, -0.05) is 4.49 Å². The standard InChI is InChI=1S/C21H21FN6O2S/c1-12-16(20(29)25-15-8-6-14(22)7-9-15)11-23-19(24-12)17-5-3-4-10-28(17)21(30)18-13(2)26-27-31-18/h6-9,11,17H,3-5,10H2,1-2H3,(H,25,29)/t17-/m0/s1. The van der Waals surface area contributed by atoms with Crippen molar-refractivity contribution in [1.82, 2.24) is 24.5 Å². The Bertz CT molecular complexity index is 1120. The van der Waals surface area contributed by atoms with E-state index in [-0.39, 0.29) is 23.7 Å². The lowest BCUT2D eigenvalue weighted by Gasteiger charge is -2.34. The Labute approximate surface area is 182 Å². The summed E-state index contributed by atoms with van der Waals surface area (Å²) in [4.78, 5) is 37.0. The smallest absolute Gasteiger partial charge is 0.268 e. The van der Waals surface area contributed by atoms with Crippen molar-refractivity contribution >= 4 is 29.0 Å². The average molecular weight is 441 g/mol. The Morgan fingerprint density at radius 3 is 2.61 bits per heavy atom. The fraction of sp³-hybridized carbons (Fsp3) is 0.333. The van der Waals surface area contributed by atoms with Crippen molar-refractivity contribution in [3.05, 3.63) is 63.9 Å². The second kappa shape index (κ2) is 8.84. The number of hydrogen-bond donors (Lipinski definition) is 1. The molecule has 1 aromatic carbocycles. The van der Waals surface area contributed by atoms with Crippen LogP contribution in [0.15, 0.2) is 30.5 Å². The summed E-state index contributed by atoms with van der Waals surface area (Å²) in [5, 5.41) is 6.65. The number of aromatic nitrogens is 4. The molecule has 1 aliphatic heterocycles. The number of benzene rings is 1. The van der Waals surface area contributed by atoms with Gasteiger partial charge in [0.15, 0.2) is 5.82 Å². The zero-order valence-electron chi connectivity index (χ0n) is 17.1. The largest absolute Gasteiger partial charge is 0.328 e. The molecule has 10 heteroatoms. The molecule has 3 heterocycles. The van der Waals surface area contributed by atoms with Crippen LogP contribution in [-0.2, 0) is 0 Å². The predicted octanol–water partition coefficient (Wildman–Crippen LogP) is 3.70. The van der Waals surface area contributed by atoms with Crippen LogP contribution in [-0.4, -0.2) is 42.8 Å². The molecule has 0 bridgehead atoms. The fourth-order valence-corrected chi connectivity index (χ4v) is 4.21. The van der Waals surface area contributed by atoms with Crippen molar-refractivity contribution in [2.75, 3.05) is 11.9 Å². The van der Waals surface area contributed by atoms with Crippen molar-refractivity contribution in [3.8, 4) is 0 Å². The maximum atomic E-state index is 13.1. The maximum Gasteiger partial charge on any atom is 0.268 e. The van der Waals surface area contributed by atoms with E-state index in [4.69, 9.17) is 0 Å². The minimum absolute atomic E-state index is 0.114. The SMILES string of the molecule is Cc1nc([C@@H]2CCCCN2C(=O)c2snnc2C)ncc1C(=O)Nc1ccc(F)cc1. The van der Waals surface area contributed by atoms with Crippen LogP contribution in [0, 0.1) is 19.7 Å². The number of amides is 2.